The molecule has 0 bridgehead atoms. The lowest BCUT2D eigenvalue weighted by Crippen LogP contribution is -2.46. The molecule has 30 heavy (non-hydrogen) atoms. The van der Waals surface area contributed by atoms with Crippen LogP contribution in [0.5, 0.6) is 0 Å². The maximum absolute atomic E-state index is 13.4. The van der Waals surface area contributed by atoms with Crippen LogP contribution in [0.15, 0.2) is 48.5 Å². The second kappa shape index (κ2) is 7.02. The molecule has 3 heterocycles. The molecule has 0 aromatic heterocycles. The van der Waals surface area contributed by atoms with Crippen molar-refractivity contribution in [2.45, 2.75) is 31.5 Å². The monoisotopic (exact) mass is 407 g/mol. The molecule has 4 atom stereocenters. The molecule has 4 N–H and O–H groups in total. The third-order valence-electron chi connectivity index (χ3n) is 6.78. The molecule has 3 aliphatic rings. The van der Waals surface area contributed by atoms with Crippen molar-refractivity contribution in [3.8, 4) is 0 Å². The quantitative estimate of drug-likeness (QED) is 0.441. The highest BCUT2D eigenvalue weighted by Gasteiger charge is 2.62. The van der Waals surface area contributed by atoms with Crippen LogP contribution in [0, 0.1) is 17.7 Å². The van der Waals surface area contributed by atoms with Gasteiger partial charge in [0.05, 0.1) is 23.9 Å². The number of hydrogen-bond donors (Lipinski definition) is 2. The van der Waals surface area contributed by atoms with Gasteiger partial charge in [-0.15, -0.1) is 0 Å². The number of nitrogens with two attached hydrogens (primary N) is 2. The van der Waals surface area contributed by atoms with Gasteiger partial charge in [-0.25, -0.2) is 4.39 Å². The summed E-state index contributed by atoms with van der Waals surface area (Å²) < 4.78 is 13.2. The van der Waals surface area contributed by atoms with E-state index >= 15 is 0 Å². The zero-order valence-corrected chi connectivity index (χ0v) is 16.5. The summed E-state index contributed by atoms with van der Waals surface area (Å²) in [5.41, 5.74) is 8.18. The molecule has 2 aromatic rings. The van der Waals surface area contributed by atoms with E-state index in [1.165, 1.54) is 17.0 Å². The number of carbonyl (C=O) groups is 2. The van der Waals surface area contributed by atoms with Crippen molar-refractivity contribution < 1.29 is 19.4 Å². The van der Waals surface area contributed by atoms with Crippen molar-refractivity contribution in [1.82, 2.24) is 9.80 Å². The molecular formula is C23H24FN4O2+. The van der Waals surface area contributed by atoms with Gasteiger partial charge in [0.1, 0.15) is 5.82 Å². The Kier molecular flexibility index (Phi) is 4.43. The van der Waals surface area contributed by atoms with Crippen LogP contribution in [0.4, 0.5) is 4.39 Å². The number of halogens is 1. The third-order valence-corrected chi connectivity index (χ3v) is 6.78. The van der Waals surface area contributed by atoms with Crippen LogP contribution in [0.2, 0.25) is 0 Å². The van der Waals surface area contributed by atoms with E-state index in [-0.39, 0.29) is 48.0 Å². The Morgan fingerprint density at radius 3 is 2.37 bits per heavy atom. The number of fused-ring (bicyclic) bond motifs is 3. The highest BCUT2D eigenvalue weighted by molar-refractivity contribution is 6.06. The maximum Gasteiger partial charge on any atom is 0.270 e. The first kappa shape index (κ1) is 18.9. The predicted octanol–water partition coefficient (Wildman–Crippen LogP) is 0.611. The van der Waals surface area contributed by atoms with E-state index in [9.17, 15) is 14.0 Å². The lowest BCUT2D eigenvalue weighted by molar-refractivity contribution is -0.142. The predicted molar refractivity (Wildman–Crippen MR) is 108 cm³/mol. The first-order valence-electron chi connectivity index (χ1n) is 10.3. The highest BCUT2D eigenvalue weighted by Crippen LogP contribution is 2.53. The van der Waals surface area contributed by atoms with Crippen LogP contribution >= 0.6 is 0 Å². The van der Waals surface area contributed by atoms with E-state index in [4.69, 9.17) is 11.1 Å². The molecule has 7 heteroatoms. The van der Waals surface area contributed by atoms with Gasteiger partial charge in [-0.1, -0.05) is 24.3 Å². The van der Waals surface area contributed by atoms with Gasteiger partial charge >= 0.3 is 0 Å². The molecule has 5 rings (SSSR count). The van der Waals surface area contributed by atoms with Crippen LogP contribution in [-0.4, -0.2) is 40.0 Å². The van der Waals surface area contributed by atoms with Crippen LogP contribution in [0.1, 0.15) is 35.6 Å². The Bertz CT molecular complexity index is 1020. The van der Waals surface area contributed by atoms with Crippen molar-refractivity contribution in [3.05, 3.63) is 71.0 Å². The normalized spacial score (nSPS) is 28.1. The number of nitrogens with zero attached hydrogens (tertiary/aromatic N) is 2. The fourth-order valence-corrected chi connectivity index (χ4v) is 5.46. The lowest BCUT2D eigenvalue weighted by atomic mass is 9.85. The second-order valence-corrected chi connectivity index (χ2v) is 8.41. The topological polar surface area (TPSA) is 92.2 Å². The fraction of sp³-hybridized carbons (Fsp3) is 0.348. The minimum Gasteiger partial charge on any atom is -0.292 e. The van der Waals surface area contributed by atoms with Crippen molar-refractivity contribution in [3.63, 3.8) is 0 Å². The number of hydrogen-bond acceptors (Lipinski definition) is 3. The standard InChI is InChI=1S/C23H23FN4O2/c24-16-9-3-13(4-10-16)12-28-22(29)18-17-2-1-11-27(17)20(19(18)23(28)30)14-5-7-15(8-6-14)21(25)26/h3-10,17-20H,1-2,11-12H2,(H3,25,26)/p+1/t17-,18-,19-,20-/m0/s1. The molecule has 3 aliphatic heterocycles. The number of amidine groups is 1. The van der Waals surface area contributed by atoms with Crippen molar-refractivity contribution in [2.24, 2.45) is 17.6 Å². The summed E-state index contributed by atoms with van der Waals surface area (Å²) in [7, 11) is 0. The smallest absolute Gasteiger partial charge is 0.270 e. The SMILES string of the molecule is NC(=[NH2+])c1ccc([C@H]2[C@H]3C(=O)N(Cc4ccc(F)cc4)C(=O)[C@H]3[C@@H]3CCCN32)cc1. The van der Waals surface area contributed by atoms with Crippen LogP contribution in [0.3, 0.4) is 0 Å². The molecule has 3 saturated heterocycles. The lowest BCUT2D eigenvalue weighted by Gasteiger charge is -2.29. The second-order valence-electron chi connectivity index (χ2n) is 8.41. The summed E-state index contributed by atoms with van der Waals surface area (Å²) in [6.07, 6.45) is 1.94. The van der Waals surface area contributed by atoms with Gasteiger partial charge in [-0.2, -0.15) is 0 Å². The number of benzene rings is 2. The molecule has 154 valence electrons. The van der Waals surface area contributed by atoms with E-state index in [1.54, 1.807) is 12.1 Å². The van der Waals surface area contributed by atoms with Gasteiger partial charge in [0, 0.05) is 12.1 Å². The van der Waals surface area contributed by atoms with Gasteiger partial charge in [0.25, 0.3) is 5.84 Å². The first-order chi connectivity index (χ1) is 14.5. The Balaban J connectivity index is 1.48. The van der Waals surface area contributed by atoms with Crippen molar-refractivity contribution in [1.29, 1.82) is 0 Å². The number of imide groups is 1. The molecule has 2 aromatic carbocycles. The summed E-state index contributed by atoms with van der Waals surface area (Å²) in [6, 6.07) is 13.5. The Morgan fingerprint density at radius 1 is 1.03 bits per heavy atom. The summed E-state index contributed by atoms with van der Waals surface area (Å²) in [6.45, 7) is 1.07. The largest absolute Gasteiger partial charge is 0.292 e. The van der Waals surface area contributed by atoms with Gasteiger partial charge < -0.3 is 0 Å². The van der Waals surface area contributed by atoms with Crippen molar-refractivity contribution in [2.75, 3.05) is 6.54 Å². The summed E-state index contributed by atoms with van der Waals surface area (Å²) >= 11 is 0. The third kappa shape index (κ3) is 2.84. The first-order valence-corrected chi connectivity index (χ1v) is 10.3. The minimum absolute atomic E-state index is 0.0838. The maximum atomic E-state index is 13.4. The van der Waals surface area contributed by atoms with Crippen LogP contribution < -0.4 is 11.1 Å². The molecule has 2 amide bonds. The molecule has 0 radical (unpaired) electrons. The van der Waals surface area contributed by atoms with Crippen LogP contribution in [-0.2, 0) is 16.1 Å². The molecule has 0 unspecified atom stereocenters. The average Bonchev–Trinajstić information content (AvgIpc) is 3.38. The number of rotatable bonds is 4. The van der Waals surface area contributed by atoms with E-state index in [2.05, 4.69) is 4.90 Å². The molecule has 0 saturated carbocycles. The van der Waals surface area contributed by atoms with E-state index in [0.717, 1.165) is 36.1 Å². The van der Waals surface area contributed by atoms with Gasteiger partial charge in [-0.05, 0) is 54.8 Å². The minimum atomic E-state index is -0.395. The van der Waals surface area contributed by atoms with Gasteiger partial charge in [0.2, 0.25) is 11.8 Å². The fourth-order valence-electron chi connectivity index (χ4n) is 5.46. The average molecular weight is 407 g/mol. The number of carbonyl (C=O) groups excluding carboxylic acids is 2. The number of amides is 2. The Labute approximate surface area is 174 Å². The molecule has 6 nitrogen and oxygen atoms in total. The molecule has 0 aliphatic carbocycles. The van der Waals surface area contributed by atoms with E-state index < -0.39 is 5.92 Å². The molecular weight excluding hydrogens is 383 g/mol. The van der Waals surface area contributed by atoms with Crippen molar-refractivity contribution >= 4 is 17.6 Å². The Hall–Kier alpha value is -3.06. The summed E-state index contributed by atoms with van der Waals surface area (Å²) in [4.78, 5) is 30.4. The van der Waals surface area contributed by atoms with Gasteiger partial charge in [-0.3, -0.25) is 30.5 Å². The zero-order valence-electron chi connectivity index (χ0n) is 16.5. The van der Waals surface area contributed by atoms with Crippen LogP contribution in [0.25, 0.3) is 0 Å². The highest BCUT2D eigenvalue weighted by atomic mass is 19.1. The van der Waals surface area contributed by atoms with E-state index in [1.807, 2.05) is 24.3 Å². The van der Waals surface area contributed by atoms with Gasteiger partial charge in [0.15, 0.2) is 0 Å². The summed E-state index contributed by atoms with van der Waals surface area (Å²) in [5.74, 6) is -1.05. The Morgan fingerprint density at radius 2 is 1.70 bits per heavy atom. The molecule has 3 fully saturated rings. The number of likely N-dealkylation sites (tertiary alicyclic amines) is 1. The zero-order chi connectivity index (χ0) is 21.0. The summed E-state index contributed by atoms with van der Waals surface area (Å²) in [5, 5.41) is 5.68. The molecule has 0 spiro atoms. The van der Waals surface area contributed by atoms with E-state index in [0.29, 0.717) is 0 Å².